The molecule has 2 unspecified atom stereocenters. The third-order valence-electron chi connectivity index (χ3n) is 3.75. The predicted molar refractivity (Wildman–Crippen MR) is 83.9 cm³/mol. The normalized spacial score (nSPS) is 26.6. The highest BCUT2D eigenvalue weighted by atomic mass is 32.2. The summed E-state index contributed by atoms with van der Waals surface area (Å²) in [7, 11) is -1.43. The van der Waals surface area contributed by atoms with Crippen molar-refractivity contribution in [3.63, 3.8) is 0 Å². The molecule has 3 heterocycles. The van der Waals surface area contributed by atoms with E-state index in [1.165, 1.54) is 11.3 Å². The van der Waals surface area contributed by atoms with Gasteiger partial charge in [-0.15, -0.1) is 11.3 Å². The van der Waals surface area contributed by atoms with Crippen LogP contribution in [0.2, 0.25) is 0 Å². The number of carbonyl (C=O) groups excluding carboxylic acids is 2. The Hall–Kier alpha value is -2.00. The Balaban J connectivity index is 1.75. The fraction of sp³-hybridized carbons (Fsp3) is 0.357. The monoisotopic (exact) mass is 354 g/mol. The smallest absolute Gasteiger partial charge is 0.352 e. The van der Waals surface area contributed by atoms with E-state index in [4.69, 9.17) is 0 Å². The van der Waals surface area contributed by atoms with Gasteiger partial charge in [0.2, 0.25) is 5.91 Å². The zero-order chi connectivity index (χ0) is 16.7. The van der Waals surface area contributed by atoms with Crippen LogP contribution in [0.4, 0.5) is 0 Å². The van der Waals surface area contributed by atoms with E-state index < -0.39 is 34.1 Å². The molecular formula is C14H14N2O5S2. The molecule has 0 aliphatic carbocycles. The molecule has 0 radical (unpaired) electrons. The minimum absolute atomic E-state index is 0.0906. The van der Waals surface area contributed by atoms with Gasteiger partial charge in [0.1, 0.15) is 17.1 Å². The fourth-order valence-corrected chi connectivity index (χ4v) is 5.13. The van der Waals surface area contributed by atoms with Gasteiger partial charge in [0, 0.05) is 10.6 Å². The molecule has 0 saturated carbocycles. The maximum atomic E-state index is 12.2. The maximum absolute atomic E-state index is 12.2. The molecule has 1 saturated heterocycles. The molecule has 1 aromatic rings. The van der Waals surface area contributed by atoms with Crippen molar-refractivity contribution >= 4 is 39.9 Å². The molecule has 9 heteroatoms. The third-order valence-corrected chi connectivity index (χ3v) is 6.37. The van der Waals surface area contributed by atoms with E-state index >= 15 is 0 Å². The van der Waals surface area contributed by atoms with Gasteiger partial charge in [-0.05, 0) is 23.9 Å². The van der Waals surface area contributed by atoms with Gasteiger partial charge in [-0.25, -0.2) is 4.79 Å². The highest BCUT2D eigenvalue weighted by Crippen LogP contribution is 2.34. The van der Waals surface area contributed by atoms with Crippen LogP contribution >= 0.6 is 11.3 Å². The molecule has 3 atom stereocenters. The topological polar surface area (TPSA) is 104 Å². The number of fused-ring (bicyclic) bond motifs is 1. The molecule has 23 heavy (non-hydrogen) atoms. The van der Waals surface area contributed by atoms with Crippen LogP contribution in [0.5, 0.6) is 0 Å². The van der Waals surface area contributed by atoms with E-state index in [-0.39, 0.29) is 23.8 Å². The Morgan fingerprint density at radius 3 is 2.87 bits per heavy atom. The fourth-order valence-electron chi connectivity index (χ4n) is 2.76. The number of rotatable bonds is 4. The standard InChI is InChI=1S/C14H14N2O5S2/c1-7-6-23(21)13-10(12(18)16(13)11(7)14(19)20)15-9(17)5-8-3-2-4-22-8/h2-4,10,13H,5-6H2,1H3,(H,15,17)(H,19,20)/t10?,13-,23?/m1/s1. The predicted octanol–water partition coefficient (Wildman–Crippen LogP) is 0.0646. The van der Waals surface area contributed by atoms with Crippen molar-refractivity contribution in [2.45, 2.75) is 24.8 Å². The summed E-state index contributed by atoms with van der Waals surface area (Å²) in [4.78, 5) is 37.4. The van der Waals surface area contributed by atoms with Gasteiger partial charge in [-0.1, -0.05) is 6.07 Å². The van der Waals surface area contributed by atoms with Crippen LogP contribution in [0.25, 0.3) is 0 Å². The van der Waals surface area contributed by atoms with Crippen molar-refractivity contribution in [2.75, 3.05) is 5.75 Å². The summed E-state index contributed by atoms with van der Waals surface area (Å²) >= 11 is 1.43. The first-order valence-corrected chi connectivity index (χ1v) is 9.11. The highest BCUT2D eigenvalue weighted by Gasteiger charge is 2.56. The molecule has 1 aromatic heterocycles. The molecule has 0 spiro atoms. The van der Waals surface area contributed by atoms with Crippen molar-refractivity contribution in [2.24, 2.45) is 0 Å². The first-order chi connectivity index (χ1) is 10.9. The third kappa shape index (κ3) is 2.70. The minimum Gasteiger partial charge on any atom is -0.477 e. The number of aliphatic carboxylic acids is 1. The van der Waals surface area contributed by atoms with Crippen molar-refractivity contribution < 1.29 is 23.7 Å². The van der Waals surface area contributed by atoms with Crippen LogP contribution in [-0.4, -0.2) is 49.2 Å². The van der Waals surface area contributed by atoms with Gasteiger partial charge in [0.25, 0.3) is 5.91 Å². The van der Waals surface area contributed by atoms with Crippen molar-refractivity contribution in [3.05, 3.63) is 33.7 Å². The molecule has 7 nitrogen and oxygen atoms in total. The second-order valence-corrected chi connectivity index (χ2v) is 7.92. The first kappa shape index (κ1) is 15.9. The lowest BCUT2D eigenvalue weighted by atomic mass is 10.0. The summed E-state index contributed by atoms with van der Waals surface area (Å²) in [5.74, 6) is -2.00. The van der Waals surface area contributed by atoms with Crippen molar-refractivity contribution in [3.8, 4) is 0 Å². The molecule has 0 bridgehead atoms. The van der Waals surface area contributed by atoms with E-state index in [2.05, 4.69) is 5.32 Å². The number of hydrogen-bond acceptors (Lipinski definition) is 5. The molecular weight excluding hydrogens is 340 g/mol. The highest BCUT2D eigenvalue weighted by molar-refractivity contribution is 7.86. The summed E-state index contributed by atoms with van der Waals surface area (Å²) in [6.07, 6.45) is 0.140. The summed E-state index contributed by atoms with van der Waals surface area (Å²) in [6, 6.07) is 2.71. The summed E-state index contributed by atoms with van der Waals surface area (Å²) < 4.78 is 12.2. The Morgan fingerprint density at radius 1 is 1.52 bits per heavy atom. The Labute approximate surface area is 138 Å². The van der Waals surface area contributed by atoms with E-state index in [0.29, 0.717) is 5.57 Å². The van der Waals surface area contributed by atoms with E-state index in [1.807, 2.05) is 17.5 Å². The Bertz CT molecular complexity index is 740. The molecule has 0 aromatic carbocycles. The van der Waals surface area contributed by atoms with Crippen LogP contribution in [-0.2, 0) is 31.6 Å². The lowest BCUT2D eigenvalue weighted by Gasteiger charge is -2.48. The number of nitrogens with one attached hydrogen (secondary N) is 1. The van der Waals surface area contributed by atoms with Gasteiger partial charge >= 0.3 is 5.97 Å². The average Bonchev–Trinajstić information content (AvgIpc) is 2.96. The van der Waals surface area contributed by atoms with Gasteiger partial charge in [-0.3, -0.25) is 18.7 Å². The Kier molecular flexibility index (Phi) is 4.07. The van der Waals surface area contributed by atoms with Crippen LogP contribution < -0.4 is 5.32 Å². The number of carboxylic acid groups (broad SMARTS) is 1. The minimum atomic E-state index is -1.43. The van der Waals surface area contributed by atoms with E-state index in [1.54, 1.807) is 6.92 Å². The number of carbonyl (C=O) groups is 3. The molecule has 1 fully saturated rings. The summed E-state index contributed by atoms with van der Waals surface area (Å²) in [5, 5.41) is 12.9. The number of amides is 2. The van der Waals surface area contributed by atoms with Gasteiger partial charge in [0.15, 0.2) is 0 Å². The van der Waals surface area contributed by atoms with Crippen molar-refractivity contribution in [1.29, 1.82) is 0 Å². The molecule has 2 aliphatic heterocycles. The molecule has 122 valence electrons. The number of hydrogen-bond donors (Lipinski definition) is 2. The first-order valence-electron chi connectivity index (χ1n) is 6.85. The quantitative estimate of drug-likeness (QED) is 0.745. The number of thiophene rings is 1. The summed E-state index contributed by atoms with van der Waals surface area (Å²) in [6.45, 7) is 1.55. The lowest BCUT2D eigenvalue weighted by Crippen LogP contribution is -2.73. The van der Waals surface area contributed by atoms with Crippen LogP contribution in [0.15, 0.2) is 28.8 Å². The van der Waals surface area contributed by atoms with E-state index in [0.717, 1.165) is 9.78 Å². The second-order valence-electron chi connectivity index (χ2n) is 5.36. The SMILES string of the molecule is CC1=C(C(=O)O)N2C(=O)C(NC(=O)Cc3cccs3)[C@H]2S(=O)C1. The average molecular weight is 354 g/mol. The lowest BCUT2D eigenvalue weighted by molar-refractivity contribution is -0.150. The summed E-state index contributed by atoms with van der Waals surface area (Å²) in [5.41, 5.74) is 0.284. The van der Waals surface area contributed by atoms with Crippen LogP contribution in [0, 0.1) is 0 Å². The Morgan fingerprint density at radius 2 is 2.26 bits per heavy atom. The number of carboxylic acids is 1. The molecule has 2 N–H and O–H groups in total. The number of nitrogens with zero attached hydrogens (tertiary/aromatic N) is 1. The molecule has 3 rings (SSSR count). The zero-order valence-corrected chi connectivity index (χ0v) is 13.8. The van der Waals surface area contributed by atoms with E-state index in [9.17, 15) is 23.7 Å². The largest absolute Gasteiger partial charge is 0.477 e. The van der Waals surface area contributed by atoms with Gasteiger partial charge in [0.05, 0.1) is 17.2 Å². The maximum Gasteiger partial charge on any atom is 0.352 e. The number of β-lactam (4-membered cyclic amide) rings is 1. The zero-order valence-electron chi connectivity index (χ0n) is 12.1. The molecule has 2 aliphatic rings. The van der Waals surface area contributed by atoms with Gasteiger partial charge in [-0.2, -0.15) is 0 Å². The second kappa shape index (κ2) is 5.89. The molecule has 2 amide bonds. The van der Waals surface area contributed by atoms with Crippen molar-refractivity contribution in [1.82, 2.24) is 10.2 Å². The van der Waals surface area contributed by atoms with Gasteiger partial charge < -0.3 is 10.4 Å². The van der Waals surface area contributed by atoms with Crippen LogP contribution in [0.3, 0.4) is 0 Å². The van der Waals surface area contributed by atoms with Crippen LogP contribution in [0.1, 0.15) is 11.8 Å².